The van der Waals surface area contributed by atoms with E-state index in [1.54, 1.807) is 6.08 Å². The lowest BCUT2D eigenvalue weighted by Gasteiger charge is -2.47. The molecule has 2 aliphatic heterocycles. The van der Waals surface area contributed by atoms with Crippen LogP contribution in [0, 0.1) is 12.3 Å². The molecule has 142 valence electrons. The third-order valence-electron chi connectivity index (χ3n) is 5.23. The summed E-state index contributed by atoms with van der Waals surface area (Å²) in [6, 6.07) is 4.03. The minimum Gasteiger partial charge on any atom is -0.366 e. The standard InChI is InChI=1S/C21H23ClN2O2S/c1-6-8-23-19(25)18(27-20(23)26)10-14-9-15-13(3)12-21(4,5)24(7-2)17(15)11-16(14)22/h1,9-11,13H,7-8,12H2,2-5H3/b18-10+. The van der Waals surface area contributed by atoms with Crippen LogP contribution in [0.1, 0.15) is 51.2 Å². The van der Waals surface area contributed by atoms with E-state index in [-0.39, 0.29) is 23.2 Å². The van der Waals surface area contributed by atoms with Crippen LogP contribution in [-0.4, -0.2) is 34.7 Å². The number of nitrogens with zero attached hydrogens (tertiary/aromatic N) is 2. The zero-order valence-corrected chi connectivity index (χ0v) is 17.6. The summed E-state index contributed by atoms with van der Waals surface area (Å²) in [4.78, 5) is 28.2. The maximum absolute atomic E-state index is 12.4. The fraction of sp³-hybridized carbons (Fsp3) is 0.429. The minimum absolute atomic E-state index is 0.0164. The summed E-state index contributed by atoms with van der Waals surface area (Å²) in [6.07, 6.45) is 7.98. The number of benzene rings is 1. The topological polar surface area (TPSA) is 40.6 Å². The summed E-state index contributed by atoms with van der Waals surface area (Å²) < 4.78 is 0. The predicted molar refractivity (Wildman–Crippen MR) is 113 cm³/mol. The van der Waals surface area contributed by atoms with Gasteiger partial charge >= 0.3 is 0 Å². The SMILES string of the molecule is C#CCN1C(=O)S/C(=C/c2cc3c(cc2Cl)N(CC)C(C)(C)CC3C)C1=O. The number of imide groups is 1. The Bertz CT molecular complexity index is 885. The summed E-state index contributed by atoms with van der Waals surface area (Å²) in [5.74, 6) is 2.36. The van der Waals surface area contributed by atoms with E-state index in [0.29, 0.717) is 15.8 Å². The molecule has 2 amide bonds. The third kappa shape index (κ3) is 3.49. The van der Waals surface area contributed by atoms with Crippen LogP contribution in [0.25, 0.3) is 6.08 Å². The van der Waals surface area contributed by atoms with E-state index >= 15 is 0 Å². The molecule has 1 unspecified atom stereocenters. The van der Waals surface area contributed by atoms with Crippen LogP contribution in [-0.2, 0) is 4.79 Å². The van der Waals surface area contributed by atoms with E-state index in [4.69, 9.17) is 18.0 Å². The van der Waals surface area contributed by atoms with Crippen LogP contribution in [0.2, 0.25) is 5.02 Å². The van der Waals surface area contributed by atoms with Gasteiger partial charge in [-0.1, -0.05) is 24.4 Å². The van der Waals surface area contributed by atoms with Gasteiger partial charge < -0.3 is 4.90 Å². The highest BCUT2D eigenvalue weighted by molar-refractivity contribution is 8.18. The second kappa shape index (κ2) is 7.26. The Morgan fingerprint density at radius 1 is 1.41 bits per heavy atom. The molecule has 4 nitrogen and oxygen atoms in total. The van der Waals surface area contributed by atoms with Crippen molar-refractivity contribution in [2.24, 2.45) is 0 Å². The Balaban J connectivity index is 2.03. The lowest BCUT2D eigenvalue weighted by atomic mass is 9.79. The highest BCUT2D eigenvalue weighted by atomic mass is 35.5. The van der Waals surface area contributed by atoms with Crippen LogP contribution in [0.5, 0.6) is 0 Å². The Kier molecular flexibility index (Phi) is 5.33. The van der Waals surface area contributed by atoms with Crippen LogP contribution in [0.4, 0.5) is 10.5 Å². The molecule has 0 saturated carbocycles. The van der Waals surface area contributed by atoms with Gasteiger partial charge in [-0.05, 0) is 74.2 Å². The van der Waals surface area contributed by atoms with Gasteiger partial charge in [0.1, 0.15) is 0 Å². The van der Waals surface area contributed by atoms with Gasteiger partial charge in [-0.3, -0.25) is 14.5 Å². The number of anilines is 1. The van der Waals surface area contributed by atoms with E-state index < -0.39 is 0 Å². The van der Waals surface area contributed by atoms with E-state index in [0.717, 1.165) is 40.9 Å². The average molecular weight is 403 g/mol. The summed E-state index contributed by atoms with van der Waals surface area (Å²) in [6.45, 7) is 9.74. The maximum atomic E-state index is 12.4. The molecular formula is C21H23ClN2O2S. The number of terminal acetylenes is 1. The molecule has 0 spiro atoms. The summed E-state index contributed by atoms with van der Waals surface area (Å²) in [5.41, 5.74) is 3.17. The highest BCUT2D eigenvalue weighted by Gasteiger charge is 2.37. The van der Waals surface area contributed by atoms with Crippen molar-refractivity contribution in [2.45, 2.75) is 45.6 Å². The zero-order chi connectivity index (χ0) is 19.9. The Morgan fingerprint density at radius 2 is 2.11 bits per heavy atom. The van der Waals surface area contributed by atoms with Gasteiger partial charge in [0.05, 0.1) is 11.4 Å². The van der Waals surface area contributed by atoms with Gasteiger partial charge in [0.25, 0.3) is 11.1 Å². The summed E-state index contributed by atoms with van der Waals surface area (Å²) in [5, 5.41) is 0.228. The molecule has 1 saturated heterocycles. The smallest absolute Gasteiger partial charge is 0.294 e. The zero-order valence-electron chi connectivity index (χ0n) is 16.0. The molecule has 27 heavy (non-hydrogen) atoms. The Hall–Kier alpha value is -1.90. The maximum Gasteiger partial charge on any atom is 0.294 e. The first-order valence-corrected chi connectivity index (χ1v) is 10.2. The molecule has 1 aromatic rings. The highest BCUT2D eigenvalue weighted by Crippen LogP contribution is 2.45. The largest absolute Gasteiger partial charge is 0.366 e. The second-order valence-electron chi connectivity index (χ2n) is 7.57. The van der Waals surface area contributed by atoms with E-state index in [1.165, 1.54) is 5.56 Å². The van der Waals surface area contributed by atoms with Crippen molar-refractivity contribution in [3.63, 3.8) is 0 Å². The first-order valence-electron chi connectivity index (χ1n) is 8.99. The third-order valence-corrected chi connectivity index (χ3v) is 6.46. The fourth-order valence-electron chi connectivity index (χ4n) is 4.10. The van der Waals surface area contributed by atoms with Gasteiger partial charge in [-0.2, -0.15) is 0 Å². The van der Waals surface area contributed by atoms with Crippen molar-refractivity contribution < 1.29 is 9.59 Å². The average Bonchev–Trinajstić information content (AvgIpc) is 2.84. The van der Waals surface area contributed by atoms with Gasteiger partial charge in [-0.25, -0.2) is 0 Å². The molecule has 2 aliphatic rings. The quantitative estimate of drug-likeness (QED) is 0.519. The minimum atomic E-state index is -0.360. The molecule has 1 aromatic carbocycles. The normalized spacial score (nSPS) is 23.0. The number of halogens is 1. The molecule has 0 aliphatic carbocycles. The number of hydrogen-bond acceptors (Lipinski definition) is 4. The summed E-state index contributed by atoms with van der Waals surface area (Å²) in [7, 11) is 0. The first kappa shape index (κ1) is 19.9. The van der Waals surface area contributed by atoms with Crippen molar-refractivity contribution in [3.8, 4) is 12.3 Å². The molecule has 2 heterocycles. The van der Waals surface area contributed by atoms with Crippen molar-refractivity contribution in [1.29, 1.82) is 0 Å². The van der Waals surface area contributed by atoms with E-state index in [2.05, 4.69) is 44.6 Å². The number of carbonyl (C=O) groups excluding carboxylic acids is 2. The van der Waals surface area contributed by atoms with Crippen LogP contribution in [0.3, 0.4) is 0 Å². The fourth-order valence-corrected chi connectivity index (χ4v) is 5.14. The molecular weight excluding hydrogens is 380 g/mol. The lowest BCUT2D eigenvalue weighted by molar-refractivity contribution is -0.122. The number of thioether (sulfide) groups is 1. The van der Waals surface area contributed by atoms with Crippen LogP contribution >= 0.6 is 23.4 Å². The number of carbonyl (C=O) groups is 2. The molecule has 6 heteroatoms. The van der Waals surface area contributed by atoms with Gasteiger partial charge in [0.15, 0.2) is 0 Å². The molecule has 0 radical (unpaired) electrons. The first-order chi connectivity index (χ1) is 12.7. The monoisotopic (exact) mass is 402 g/mol. The Labute approximate surface area is 169 Å². The second-order valence-corrected chi connectivity index (χ2v) is 8.97. The molecule has 3 rings (SSSR count). The van der Waals surface area contributed by atoms with Crippen molar-refractivity contribution in [2.75, 3.05) is 18.0 Å². The Morgan fingerprint density at radius 3 is 2.74 bits per heavy atom. The van der Waals surface area contributed by atoms with Gasteiger partial charge in [-0.15, -0.1) is 6.42 Å². The number of rotatable bonds is 3. The molecule has 0 aromatic heterocycles. The van der Waals surface area contributed by atoms with Gasteiger partial charge in [0.2, 0.25) is 0 Å². The number of amides is 2. The van der Waals surface area contributed by atoms with Crippen molar-refractivity contribution in [1.82, 2.24) is 4.90 Å². The van der Waals surface area contributed by atoms with E-state index in [1.807, 2.05) is 6.07 Å². The van der Waals surface area contributed by atoms with Crippen LogP contribution in [0.15, 0.2) is 17.0 Å². The predicted octanol–water partition coefficient (Wildman–Crippen LogP) is 5.12. The molecule has 1 fully saturated rings. The van der Waals surface area contributed by atoms with Crippen LogP contribution < -0.4 is 4.90 Å². The number of fused-ring (bicyclic) bond motifs is 1. The van der Waals surface area contributed by atoms with Gasteiger partial charge in [0, 0.05) is 22.8 Å². The summed E-state index contributed by atoms with van der Waals surface area (Å²) >= 11 is 7.46. The van der Waals surface area contributed by atoms with E-state index in [9.17, 15) is 9.59 Å². The molecule has 0 bridgehead atoms. The molecule has 1 atom stereocenters. The van der Waals surface area contributed by atoms with Crippen molar-refractivity contribution >= 4 is 46.3 Å². The molecule has 0 N–H and O–H groups in total. The lowest BCUT2D eigenvalue weighted by Crippen LogP contribution is -2.48. The number of hydrogen-bond donors (Lipinski definition) is 0. The van der Waals surface area contributed by atoms with Crippen molar-refractivity contribution in [3.05, 3.63) is 33.2 Å².